The Hall–Kier alpha value is -1.97. The van der Waals surface area contributed by atoms with E-state index in [4.69, 9.17) is 13.9 Å². The van der Waals surface area contributed by atoms with Gasteiger partial charge in [-0.15, -0.1) is 24.0 Å². The van der Waals surface area contributed by atoms with Crippen molar-refractivity contribution < 1.29 is 13.9 Å². The number of aromatic nitrogens is 1. The lowest BCUT2D eigenvalue weighted by atomic mass is 9.94. The Morgan fingerprint density at radius 2 is 1.93 bits per heavy atom. The van der Waals surface area contributed by atoms with E-state index in [1.165, 1.54) is 0 Å². The number of ether oxygens (including phenoxy) is 2. The summed E-state index contributed by atoms with van der Waals surface area (Å²) in [6.45, 7) is 8.06. The minimum Gasteiger partial charge on any atom is -0.490 e. The molecule has 0 bridgehead atoms. The van der Waals surface area contributed by atoms with Gasteiger partial charge in [0.05, 0.1) is 26.0 Å². The van der Waals surface area contributed by atoms with Gasteiger partial charge in [0.2, 0.25) is 5.89 Å². The predicted molar refractivity (Wildman–Crippen MR) is 116 cm³/mol. The fraction of sp³-hybridized carbons (Fsp3) is 0.474. The second-order valence-corrected chi connectivity index (χ2v) is 7.13. The van der Waals surface area contributed by atoms with E-state index < -0.39 is 0 Å². The molecule has 8 heteroatoms. The molecule has 148 valence electrons. The zero-order chi connectivity index (χ0) is 18.6. The number of nitrogens with one attached hydrogen (secondary N) is 2. The molecular formula is C19H27IN4O3. The van der Waals surface area contributed by atoms with Crippen LogP contribution in [0.3, 0.4) is 0 Å². The molecule has 1 aromatic carbocycles. The zero-order valence-corrected chi connectivity index (χ0v) is 18.5. The summed E-state index contributed by atoms with van der Waals surface area (Å²) in [5, 5.41) is 6.44. The SMILES string of the molecule is CN=C(NCc1ncc(C(C)(C)C)o1)Nc1ccc2c(c1)OCCCO2.I. The highest BCUT2D eigenvalue weighted by atomic mass is 127. The Balaban J connectivity index is 0.00000261. The number of fused-ring (bicyclic) bond motifs is 1. The maximum Gasteiger partial charge on any atom is 0.213 e. The fourth-order valence-electron chi connectivity index (χ4n) is 2.45. The van der Waals surface area contributed by atoms with Gasteiger partial charge >= 0.3 is 0 Å². The van der Waals surface area contributed by atoms with Crippen molar-refractivity contribution in [3.63, 3.8) is 0 Å². The lowest BCUT2D eigenvalue weighted by Gasteiger charge is -2.14. The first-order valence-electron chi connectivity index (χ1n) is 8.78. The van der Waals surface area contributed by atoms with Crippen LogP contribution in [0.1, 0.15) is 38.8 Å². The molecule has 1 aliphatic heterocycles. The number of hydrogen-bond donors (Lipinski definition) is 2. The Morgan fingerprint density at radius 1 is 1.19 bits per heavy atom. The Morgan fingerprint density at radius 3 is 2.59 bits per heavy atom. The molecule has 2 heterocycles. The molecule has 0 aliphatic carbocycles. The van der Waals surface area contributed by atoms with Crippen LogP contribution in [-0.2, 0) is 12.0 Å². The summed E-state index contributed by atoms with van der Waals surface area (Å²) in [6.07, 6.45) is 2.66. The van der Waals surface area contributed by atoms with Gasteiger partial charge in [0.15, 0.2) is 17.5 Å². The molecule has 0 atom stereocenters. The van der Waals surface area contributed by atoms with Gasteiger partial charge in [-0.1, -0.05) is 20.8 Å². The first kappa shape index (κ1) is 21.3. The number of oxazole rings is 1. The van der Waals surface area contributed by atoms with Crippen molar-refractivity contribution in [3.8, 4) is 11.5 Å². The zero-order valence-electron chi connectivity index (χ0n) is 16.2. The molecule has 0 radical (unpaired) electrons. The first-order valence-corrected chi connectivity index (χ1v) is 8.78. The third-order valence-corrected chi connectivity index (χ3v) is 3.93. The molecule has 0 fully saturated rings. The van der Waals surface area contributed by atoms with Crippen LogP contribution in [0.25, 0.3) is 0 Å². The Bertz CT molecular complexity index is 784. The fourth-order valence-corrected chi connectivity index (χ4v) is 2.45. The van der Waals surface area contributed by atoms with Crippen LogP contribution in [0.2, 0.25) is 0 Å². The van der Waals surface area contributed by atoms with Crippen LogP contribution >= 0.6 is 24.0 Å². The molecule has 2 aromatic rings. The first-order chi connectivity index (χ1) is 12.5. The number of benzene rings is 1. The van der Waals surface area contributed by atoms with Crippen LogP contribution in [0, 0.1) is 0 Å². The molecular weight excluding hydrogens is 459 g/mol. The van der Waals surface area contributed by atoms with Gasteiger partial charge < -0.3 is 24.5 Å². The third-order valence-electron chi connectivity index (χ3n) is 3.93. The third kappa shape index (κ3) is 5.75. The highest BCUT2D eigenvalue weighted by Gasteiger charge is 2.19. The number of guanidine groups is 1. The van der Waals surface area contributed by atoms with Gasteiger partial charge in [-0.05, 0) is 12.1 Å². The highest BCUT2D eigenvalue weighted by Crippen LogP contribution is 2.32. The van der Waals surface area contributed by atoms with E-state index in [-0.39, 0.29) is 29.4 Å². The summed E-state index contributed by atoms with van der Waals surface area (Å²) in [6, 6.07) is 5.75. The standard InChI is InChI=1S/C19H26N4O3.HI/c1-19(2,3)16-11-21-17(26-16)12-22-18(20-4)23-13-6-7-14-15(10-13)25-9-5-8-24-14;/h6-7,10-11H,5,8-9,12H2,1-4H3,(H2,20,22,23);1H. The quantitative estimate of drug-likeness (QED) is 0.389. The smallest absolute Gasteiger partial charge is 0.213 e. The van der Waals surface area contributed by atoms with Crippen molar-refractivity contribution in [2.24, 2.45) is 4.99 Å². The van der Waals surface area contributed by atoms with Crippen molar-refractivity contribution in [2.45, 2.75) is 39.2 Å². The van der Waals surface area contributed by atoms with Crippen molar-refractivity contribution >= 4 is 35.6 Å². The Labute approximate surface area is 177 Å². The van der Waals surface area contributed by atoms with Crippen molar-refractivity contribution in [1.29, 1.82) is 0 Å². The number of aliphatic imine (C=N–C) groups is 1. The molecule has 1 aliphatic rings. The molecule has 2 N–H and O–H groups in total. The molecule has 1 aromatic heterocycles. The monoisotopic (exact) mass is 486 g/mol. The van der Waals surface area contributed by atoms with Gasteiger partial charge in [0, 0.05) is 30.6 Å². The summed E-state index contributed by atoms with van der Waals surface area (Å²) >= 11 is 0. The van der Waals surface area contributed by atoms with Crippen LogP contribution in [0.15, 0.2) is 33.8 Å². The van der Waals surface area contributed by atoms with Crippen LogP contribution < -0.4 is 20.1 Å². The van der Waals surface area contributed by atoms with Crippen LogP contribution in [0.4, 0.5) is 5.69 Å². The normalized spacial score (nSPS) is 14.1. The summed E-state index contributed by atoms with van der Waals surface area (Å²) in [4.78, 5) is 8.55. The van der Waals surface area contributed by atoms with Crippen LogP contribution in [-0.4, -0.2) is 31.2 Å². The average Bonchev–Trinajstić information content (AvgIpc) is 2.97. The van der Waals surface area contributed by atoms with E-state index in [2.05, 4.69) is 41.4 Å². The maximum atomic E-state index is 5.79. The van der Waals surface area contributed by atoms with E-state index in [1.54, 1.807) is 13.2 Å². The van der Waals surface area contributed by atoms with E-state index >= 15 is 0 Å². The second-order valence-electron chi connectivity index (χ2n) is 7.13. The van der Waals surface area contributed by atoms with Gasteiger partial charge in [-0.25, -0.2) is 4.98 Å². The second kappa shape index (κ2) is 9.29. The molecule has 0 unspecified atom stereocenters. The van der Waals surface area contributed by atoms with Gasteiger partial charge in [-0.2, -0.15) is 0 Å². The lowest BCUT2D eigenvalue weighted by molar-refractivity contribution is 0.297. The summed E-state index contributed by atoms with van der Waals surface area (Å²) in [5.41, 5.74) is 0.805. The average molecular weight is 486 g/mol. The summed E-state index contributed by atoms with van der Waals surface area (Å²) in [5.74, 6) is 3.61. The molecule has 0 saturated heterocycles. The predicted octanol–water partition coefficient (Wildman–Crippen LogP) is 3.94. The van der Waals surface area contributed by atoms with Crippen molar-refractivity contribution in [2.75, 3.05) is 25.6 Å². The molecule has 0 amide bonds. The van der Waals surface area contributed by atoms with Crippen LogP contribution in [0.5, 0.6) is 11.5 Å². The molecule has 7 nitrogen and oxygen atoms in total. The van der Waals surface area contributed by atoms with E-state index in [1.807, 2.05) is 18.2 Å². The number of rotatable bonds is 3. The van der Waals surface area contributed by atoms with Gasteiger partial charge in [0.1, 0.15) is 5.76 Å². The maximum absolute atomic E-state index is 5.79. The minimum atomic E-state index is -0.0604. The topological polar surface area (TPSA) is 80.9 Å². The summed E-state index contributed by atoms with van der Waals surface area (Å²) < 4.78 is 17.2. The van der Waals surface area contributed by atoms with E-state index in [0.29, 0.717) is 31.6 Å². The molecule has 3 rings (SSSR count). The molecule has 0 spiro atoms. The summed E-state index contributed by atoms with van der Waals surface area (Å²) in [7, 11) is 1.72. The molecule has 27 heavy (non-hydrogen) atoms. The number of hydrogen-bond acceptors (Lipinski definition) is 5. The number of halogens is 1. The van der Waals surface area contributed by atoms with Crippen molar-refractivity contribution in [1.82, 2.24) is 10.3 Å². The van der Waals surface area contributed by atoms with Crippen molar-refractivity contribution in [3.05, 3.63) is 36.0 Å². The number of anilines is 1. The molecule has 0 saturated carbocycles. The van der Waals surface area contributed by atoms with E-state index in [9.17, 15) is 0 Å². The largest absolute Gasteiger partial charge is 0.490 e. The highest BCUT2D eigenvalue weighted by molar-refractivity contribution is 14.0. The lowest BCUT2D eigenvalue weighted by Crippen LogP contribution is -2.30. The van der Waals surface area contributed by atoms with E-state index in [0.717, 1.165) is 29.4 Å². The number of nitrogens with zero attached hydrogens (tertiary/aromatic N) is 2. The van der Waals surface area contributed by atoms with Gasteiger partial charge in [-0.3, -0.25) is 4.99 Å². The van der Waals surface area contributed by atoms with Gasteiger partial charge in [0.25, 0.3) is 0 Å². The Kier molecular flexibility index (Phi) is 7.34. The minimum absolute atomic E-state index is 0.